The Balaban J connectivity index is 2.47. The van der Waals surface area contributed by atoms with Crippen LogP contribution in [0.15, 0.2) is 42.5 Å². The van der Waals surface area contributed by atoms with Crippen LogP contribution in [0.5, 0.6) is 0 Å². The van der Waals surface area contributed by atoms with Gasteiger partial charge in [0.05, 0.1) is 11.9 Å². The van der Waals surface area contributed by atoms with Crippen LogP contribution >= 0.6 is 23.2 Å². The maximum Gasteiger partial charge on any atom is 0.244 e. The molecule has 0 radical (unpaired) electrons. The number of rotatable bonds is 9. The van der Waals surface area contributed by atoms with Crippen LogP contribution in [0, 0.1) is 5.82 Å². The van der Waals surface area contributed by atoms with Gasteiger partial charge in [-0.1, -0.05) is 48.3 Å². The van der Waals surface area contributed by atoms with E-state index in [0.29, 0.717) is 14.9 Å². The molecule has 0 heterocycles. The van der Waals surface area contributed by atoms with Crippen molar-refractivity contribution in [2.45, 2.75) is 25.9 Å². The summed E-state index contributed by atoms with van der Waals surface area (Å²) in [5.74, 6) is -1.92. The Morgan fingerprint density at radius 1 is 1.16 bits per heavy atom. The molecule has 0 aliphatic heterocycles. The predicted molar refractivity (Wildman–Crippen MR) is 124 cm³/mol. The fraction of sp³-hybridized carbons (Fsp3) is 0.333. The van der Waals surface area contributed by atoms with Crippen LogP contribution in [0.25, 0.3) is 0 Å². The van der Waals surface area contributed by atoms with Gasteiger partial charge in [-0.2, -0.15) is 0 Å². The zero-order valence-electron chi connectivity index (χ0n) is 17.8. The summed E-state index contributed by atoms with van der Waals surface area (Å²) >= 11 is 12.2. The van der Waals surface area contributed by atoms with Gasteiger partial charge in [0.2, 0.25) is 21.8 Å². The summed E-state index contributed by atoms with van der Waals surface area (Å²) < 4.78 is 39.8. The van der Waals surface area contributed by atoms with Gasteiger partial charge >= 0.3 is 0 Å². The van der Waals surface area contributed by atoms with E-state index in [-0.39, 0.29) is 23.7 Å². The van der Waals surface area contributed by atoms with Crippen molar-refractivity contribution >= 4 is 50.7 Å². The zero-order chi connectivity index (χ0) is 24.1. The number of anilines is 1. The number of halogens is 3. The van der Waals surface area contributed by atoms with Crippen molar-refractivity contribution < 1.29 is 22.4 Å². The van der Waals surface area contributed by atoms with Gasteiger partial charge < -0.3 is 10.2 Å². The summed E-state index contributed by atoms with van der Waals surface area (Å²) in [6.07, 6.45) is 1.14. The minimum absolute atomic E-state index is 0.0738. The third kappa shape index (κ3) is 6.34. The normalized spacial score (nSPS) is 12.2. The summed E-state index contributed by atoms with van der Waals surface area (Å²) in [7, 11) is -2.58. The molecule has 0 unspecified atom stereocenters. The van der Waals surface area contributed by atoms with E-state index in [1.807, 2.05) is 0 Å². The fourth-order valence-electron chi connectivity index (χ4n) is 3.17. The first-order valence-corrected chi connectivity index (χ1v) is 12.3. The fourth-order valence-corrected chi connectivity index (χ4v) is 4.49. The number of sulfonamides is 1. The van der Waals surface area contributed by atoms with E-state index in [4.69, 9.17) is 23.2 Å². The molecule has 1 atom stereocenters. The first-order chi connectivity index (χ1) is 15.0. The molecule has 2 amide bonds. The van der Waals surface area contributed by atoms with E-state index in [1.54, 1.807) is 19.1 Å². The summed E-state index contributed by atoms with van der Waals surface area (Å²) in [5.41, 5.74) is 0.254. The van der Waals surface area contributed by atoms with Crippen LogP contribution in [-0.4, -0.2) is 51.0 Å². The Kier molecular flexibility index (Phi) is 8.89. The van der Waals surface area contributed by atoms with E-state index in [1.165, 1.54) is 36.2 Å². The minimum Gasteiger partial charge on any atom is -0.357 e. The first kappa shape index (κ1) is 25.9. The number of nitrogens with one attached hydrogen (secondary N) is 1. The molecule has 7 nitrogen and oxygen atoms in total. The molecule has 0 fully saturated rings. The maximum absolute atomic E-state index is 14.3. The highest BCUT2D eigenvalue weighted by molar-refractivity contribution is 7.92. The Labute approximate surface area is 197 Å². The monoisotopic (exact) mass is 503 g/mol. The van der Waals surface area contributed by atoms with Crippen molar-refractivity contribution in [2.75, 3.05) is 24.2 Å². The summed E-state index contributed by atoms with van der Waals surface area (Å²) in [5, 5.41) is 3.20. The molecule has 32 heavy (non-hydrogen) atoms. The average molecular weight is 504 g/mol. The van der Waals surface area contributed by atoms with Gasteiger partial charge in [0.15, 0.2) is 0 Å². The summed E-state index contributed by atoms with van der Waals surface area (Å²) in [4.78, 5) is 27.0. The number of hydrogen-bond donors (Lipinski definition) is 1. The summed E-state index contributed by atoms with van der Waals surface area (Å²) in [6.45, 7) is 0.947. The van der Waals surface area contributed by atoms with E-state index >= 15 is 0 Å². The molecule has 0 aromatic heterocycles. The van der Waals surface area contributed by atoms with Crippen molar-refractivity contribution in [1.29, 1.82) is 0 Å². The van der Waals surface area contributed by atoms with E-state index in [2.05, 4.69) is 5.32 Å². The number of para-hydroxylation sites is 1. The van der Waals surface area contributed by atoms with Crippen molar-refractivity contribution in [1.82, 2.24) is 10.2 Å². The van der Waals surface area contributed by atoms with Gasteiger partial charge in [0.1, 0.15) is 18.4 Å². The molecule has 0 spiro atoms. The van der Waals surface area contributed by atoms with Crippen LogP contribution in [0.2, 0.25) is 10.0 Å². The first-order valence-electron chi connectivity index (χ1n) is 9.66. The second-order valence-corrected chi connectivity index (χ2v) is 9.77. The van der Waals surface area contributed by atoms with Crippen LogP contribution in [0.3, 0.4) is 0 Å². The molecule has 0 bridgehead atoms. The van der Waals surface area contributed by atoms with Gasteiger partial charge in [-0.05, 0) is 36.2 Å². The van der Waals surface area contributed by atoms with Gasteiger partial charge in [-0.25, -0.2) is 12.8 Å². The van der Waals surface area contributed by atoms with E-state index in [0.717, 1.165) is 12.3 Å². The molecule has 2 rings (SSSR count). The van der Waals surface area contributed by atoms with E-state index < -0.39 is 40.2 Å². The number of amides is 2. The topological polar surface area (TPSA) is 86.8 Å². The van der Waals surface area contributed by atoms with Crippen LogP contribution < -0.4 is 9.62 Å². The minimum atomic E-state index is -4.01. The van der Waals surface area contributed by atoms with Crippen molar-refractivity contribution in [3.63, 3.8) is 0 Å². The standard InChI is InChI=1S/C21H24Cl2FN3O4S/c1-4-18(21(29)25-2)26(12-14-9-10-15(22)11-16(14)23)20(28)13-27(32(3,30)31)19-8-6-5-7-17(19)24/h5-11,18H,4,12-13H2,1-3H3,(H,25,29)/t18-/m0/s1. The lowest BCUT2D eigenvalue weighted by Crippen LogP contribution is -2.51. The quantitative estimate of drug-likeness (QED) is 0.567. The molecular formula is C21H24Cl2FN3O4S. The Morgan fingerprint density at radius 3 is 2.34 bits per heavy atom. The number of likely N-dealkylation sites (N-methyl/N-ethyl adjacent to an activating group) is 1. The molecule has 0 saturated heterocycles. The van der Waals surface area contributed by atoms with Crippen LogP contribution in [0.1, 0.15) is 18.9 Å². The number of hydrogen-bond acceptors (Lipinski definition) is 4. The SMILES string of the molecule is CC[C@@H](C(=O)NC)N(Cc1ccc(Cl)cc1Cl)C(=O)CN(c1ccccc1F)S(C)(=O)=O. The van der Waals surface area contributed by atoms with Gasteiger partial charge in [-0.3, -0.25) is 13.9 Å². The second kappa shape index (κ2) is 11.0. The number of nitrogens with zero attached hydrogens (tertiary/aromatic N) is 2. The Hall–Kier alpha value is -2.36. The molecule has 0 aliphatic rings. The van der Waals surface area contributed by atoms with Crippen molar-refractivity contribution in [3.8, 4) is 0 Å². The lowest BCUT2D eigenvalue weighted by Gasteiger charge is -2.32. The summed E-state index contributed by atoms with van der Waals surface area (Å²) in [6, 6.07) is 9.05. The Bertz CT molecular complexity index is 1100. The Morgan fingerprint density at radius 2 is 1.81 bits per heavy atom. The smallest absolute Gasteiger partial charge is 0.244 e. The molecule has 11 heteroatoms. The maximum atomic E-state index is 14.3. The number of carbonyl (C=O) groups is 2. The molecule has 0 saturated carbocycles. The predicted octanol–water partition coefficient (Wildman–Crippen LogP) is 3.45. The number of carbonyl (C=O) groups excluding carboxylic acids is 2. The number of benzene rings is 2. The zero-order valence-corrected chi connectivity index (χ0v) is 20.1. The van der Waals surface area contributed by atoms with Gasteiger partial charge in [-0.15, -0.1) is 0 Å². The highest BCUT2D eigenvalue weighted by atomic mass is 35.5. The van der Waals surface area contributed by atoms with Crippen molar-refractivity contribution in [3.05, 3.63) is 63.9 Å². The van der Waals surface area contributed by atoms with Crippen LogP contribution in [0.4, 0.5) is 10.1 Å². The lowest BCUT2D eigenvalue weighted by molar-refractivity contribution is -0.140. The third-order valence-electron chi connectivity index (χ3n) is 4.79. The average Bonchev–Trinajstić information content (AvgIpc) is 2.72. The van der Waals surface area contributed by atoms with Crippen LogP contribution in [-0.2, 0) is 26.2 Å². The molecule has 2 aromatic rings. The van der Waals surface area contributed by atoms with Gasteiger partial charge in [0, 0.05) is 23.6 Å². The molecular weight excluding hydrogens is 480 g/mol. The molecule has 2 aromatic carbocycles. The van der Waals surface area contributed by atoms with Crippen molar-refractivity contribution in [2.24, 2.45) is 0 Å². The molecule has 174 valence electrons. The lowest BCUT2D eigenvalue weighted by atomic mass is 10.1. The molecule has 0 aliphatic carbocycles. The third-order valence-corrected chi connectivity index (χ3v) is 6.50. The highest BCUT2D eigenvalue weighted by Crippen LogP contribution is 2.25. The van der Waals surface area contributed by atoms with E-state index in [9.17, 15) is 22.4 Å². The second-order valence-electron chi connectivity index (χ2n) is 7.02. The molecule has 1 N–H and O–H groups in total. The van der Waals surface area contributed by atoms with Gasteiger partial charge in [0.25, 0.3) is 0 Å². The highest BCUT2D eigenvalue weighted by Gasteiger charge is 2.32. The largest absolute Gasteiger partial charge is 0.357 e.